The van der Waals surface area contributed by atoms with E-state index < -0.39 is 24.4 Å². The van der Waals surface area contributed by atoms with E-state index in [1.807, 2.05) is 0 Å². The molecule has 1 rings (SSSR count). The first kappa shape index (κ1) is 15.3. The summed E-state index contributed by atoms with van der Waals surface area (Å²) in [6.45, 7) is 8.29. The highest BCUT2D eigenvalue weighted by atomic mass is 19.3. The highest BCUT2D eigenvalue weighted by Gasteiger charge is 2.50. The molecule has 6 heteroatoms. The van der Waals surface area contributed by atoms with Crippen molar-refractivity contribution in [2.75, 3.05) is 32.7 Å². The molecule has 18 heavy (non-hydrogen) atoms. The Balaban J connectivity index is 2.07. The van der Waals surface area contributed by atoms with E-state index in [4.69, 9.17) is 0 Å². The highest BCUT2D eigenvalue weighted by Crippen LogP contribution is 2.30. The molecule has 1 unspecified atom stereocenters. The van der Waals surface area contributed by atoms with Crippen LogP contribution in [0, 0.1) is 0 Å². The first-order valence-corrected chi connectivity index (χ1v) is 6.51. The van der Waals surface area contributed by atoms with E-state index in [0.717, 1.165) is 32.6 Å². The number of hydrogen-bond acceptors (Lipinski definition) is 4. The van der Waals surface area contributed by atoms with Gasteiger partial charge in [-0.15, -0.1) is 0 Å². The van der Waals surface area contributed by atoms with Crippen molar-refractivity contribution in [3.05, 3.63) is 0 Å². The SMILES string of the molecule is CCN(CC)CCCNCC1CC(F)(F)C(=O)O1. The lowest BCUT2D eigenvalue weighted by molar-refractivity contribution is -0.159. The summed E-state index contributed by atoms with van der Waals surface area (Å²) in [7, 11) is 0. The van der Waals surface area contributed by atoms with Crippen LogP contribution in [0.15, 0.2) is 0 Å². The average molecular weight is 264 g/mol. The predicted molar refractivity (Wildman–Crippen MR) is 64.7 cm³/mol. The molecule has 0 amide bonds. The molecule has 1 aliphatic heterocycles. The molecule has 0 bridgehead atoms. The molecule has 1 aliphatic rings. The predicted octanol–water partition coefficient (Wildman–Crippen LogP) is 1.26. The number of esters is 1. The zero-order chi connectivity index (χ0) is 13.6. The second-order valence-electron chi connectivity index (χ2n) is 4.52. The quantitative estimate of drug-likeness (QED) is 0.529. The van der Waals surface area contributed by atoms with Gasteiger partial charge in [0.2, 0.25) is 0 Å². The summed E-state index contributed by atoms with van der Waals surface area (Å²) in [5, 5.41) is 3.05. The van der Waals surface area contributed by atoms with Gasteiger partial charge in [-0.05, 0) is 32.6 Å². The summed E-state index contributed by atoms with van der Waals surface area (Å²) in [6.07, 6.45) is -0.242. The van der Waals surface area contributed by atoms with Gasteiger partial charge in [0.05, 0.1) is 6.42 Å². The number of carbonyl (C=O) groups is 1. The van der Waals surface area contributed by atoms with Crippen LogP contribution in [0.25, 0.3) is 0 Å². The normalized spacial score (nSPS) is 22.5. The minimum Gasteiger partial charge on any atom is -0.456 e. The third-order valence-corrected chi connectivity index (χ3v) is 3.15. The van der Waals surface area contributed by atoms with Gasteiger partial charge in [0.25, 0.3) is 0 Å². The molecular formula is C12H22F2N2O2. The Kier molecular flexibility index (Phi) is 5.95. The van der Waals surface area contributed by atoms with Crippen LogP contribution < -0.4 is 5.32 Å². The lowest BCUT2D eigenvalue weighted by Gasteiger charge is -2.18. The molecule has 0 aromatic carbocycles. The average Bonchev–Trinajstić information content (AvgIpc) is 2.58. The lowest BCUT2D eigenvalue weighted by Crippen LogP contribution is -2.31. The Morgan fingerprint density at radius 2 is 2.11 bits per heavy atom. The number of nitrogens with zero attached hydrogens (tertiary/aromatic N) is 1. The summed E-state index contributed by atoms with van der Waals surface area (Å²) < 4.78 is 30.3. The molecule has 1 saturated heterocycles. The zero-order valence-electron chi connectivity index (χ0n) is 11.0. The Morgan fingerprint density at radius 1 is 1.44 bits per heavy atom. The molecule has 0 saturated carbocycles. The Morgan fingerprint density at radius 3 is 2.61 bits per heavy atom. The lowest BCUT2D eigenvalue weighted by atomic mass is 10.2. The Hall–Kier alpha value is -0.750. The summed E-state index contributed by atoms with van der Waals surface area (Å²) in [6, 6.07) is 0. The van der Waals surface area contributed by atoms with Gasteiger partial charge < -0.3 is 15.0 Å². The van der Waals surface area contributed by atoms with Gasteiger partial charge in [0, 0.05) is 6.54 Å². The number of halogens is 2. The standard InChI is InChI=1S/C12H22F2N2O2/c1-3-16(4-2)7-5-6-15-9-10-8-12(13,14)11(17)18-10/h10,15H,3-9H2,1-2H3. The first-order chi connectivity index (χ1) is 8.49. The fraction of sp³-hybridized carbons (Fsp3) is 0.917. The maximum atomic E-state index is 12.9. The number of alkyl halides is 2. The van der Waals surface area contributed by atoms with Crippen molar-refractivity contribution in [2.24, 2.45) is 0 Å². The molecule has 1 heterocycles. The van der Waals surface area contributed by atoms with E-state index >= 15 is 0 Å². The van der Waals surface area contributed by atoms with Gasteiger partial charge in [-0.3, -0.25) is 0 Å². The number of hydrogen-bond donors (Lipinski definition) is 1. The maximum absolute atomic E-state index is 12.9. The van der Waals surface area contributed by atoms with Crippen LogP contribution in [0.4, 0.5) is 8.78 Å². The number of ether oxygens (including phenoxy) is 1. The van der Waals surface area contributed by atoms with Crippen molar-refractivity contribution < 1.29 is 18.3 Å². The topological polar surface area (TPSA) is 41.6 Å². The number of carbonyl (C=O) groups excluding carboxylic acids is 1. The molecule has 0 aromatic rings. The van der Waals surface area contributed by atoms with Gasteiger partial charge in [-0.2, -0.15) is 8.78 Å². The Bertz CT molecular complexity index is 271. The number of rotatable bonds is 8. The molecule has 106 valence electrons. The van der Waals surface area contributed by atoms with E-state index in [9.17, 15) is 13.6 Å². The molecule has 0 aliphatic carbocycles. The second kappa shape index (κ2) is 6.99. The molecule has 1 N–H and O–H groups in total. The molecule has 0 radical (unpaired) electrons. The second-order valence-corrected chi connectivity index (χ2v) is 4.52. The summed E-state index contributed by atoms with van der Waals surface area (Å²) >= 11 is 0. The van der Waals surface area contributed by atoms with Crippen molar-refractivity contribution in [3.63, 3.8) is 0 Å². The summed E-state index contributed by atoms with van der Waals surface area (Å²) in [4.78, 5) is 13.1. The molecule has 1 atom stereocenters. The van der Waals surface area contributed by atoms with Crippen molar-refractivity contribution >= 4 is 5.97 Å². The van der Waals surface area contributed by atoms with Gasteiger partial charge in [0.15, 0.2) is 0 Å². The highest BCUT2D eigenvalue weighted by molar-refractivity contribution is 5.79. The van der Waals surface area contributed by atoms with Crippen molar-refractivity contribution in [2.45, 2.75) is 38.7 Å². The van der Waals surface area contributed by atoms with E-state index in [0.29, 0.717) is 6.54 Å². The molecule has 1 fully saturated rings. The van der Waals surface area contributed by atoms with Crippen LogP contribution in [0.5, 0.6) is 0 Å². The van der Waals surface area contributed by atoms with Crippen molar-refractivity contribution in [3.8, 4) is 0 Å². The monoisotopic (exact) mass is 264 g/mol. The van der Waals surface area contributed by atoms with Crippen molar-refractivity contribution in [1.82, 2.24) is 10.2 Å². The van der Waals surface area contributed by atoms with Crippen LogP contribution >= 0.6 is 0 Å². The third kappa shape index (κ3) is 4.49. The van der Waals surface area contributed by atoms with E-state index in [-0.39, 0.29) is 0 Å². The fourth-order valence-corrected chi connectivity index (χ4v) is 1.99. The molecule has 0 aromatic heterocycles. The molecule has 4 nitrogen and oxygen atoms in total. The maximum Gasteiger partial charge on any atom is 0.377 e. The zero-order valence-corrected chi connectivity index (χ0v) is 11.0. The minimum atomic E-state index is -3.30. The Labute approximate surface area is 107 Å². The van der Waals surface area contributed by atoms with E-state index in [2.05, 4.69) is 28.8 Å². The van der Waals surface area contributed by atoms with Gasteiger partial charge >= 0.3 is 11.9 Å². The number of cyclic esters (lactones) is 1. The van der Waals surface area contributed by atoms with E-state index in [1.54, 1.807) is 0 Å². The van der Waals surface area contributed by atoms with Gasteiger partial charge in [-0.1, -0.05) is 13.8 Å². The van der Waals surface area contributed by atoms with Crippen LogP contribution in [-0.4, -0.2) is 55.6 Å². The van der Waals surface area contributed by atoms with Crippen LogP contribution in [0.1, 0.15) is 26.7 Å². The largest absolute Gasteiger partial charge is 0.456 e. The summed E-state index contributed by atoms with van der Waals surface area (Å²) in [5.74, 6) is -4.69. The van der Waals surface area contributed by atoms with E-state index in [1.165, 1.54) is 0 Å². The number of nitrogens with one attached hydrogen (secondary N) is 1. The van der Waals surface area contributed by atoms with Crippen LogP contribution in [0.2, 0.25) is 0 Å². The first-order valence-electron chi connectivity index (χ1n) is 6.51. The molecule has 0 spiro atoms. The smallest absolute Gasteiger partial charge is 0.377 e. The minimum absolute atomic E-state index is 0.305. The van der Waals surface area contributed by atoms with Crippen LogP contribution in [0.3, 0.4) is 0 Å². The summed E-state index contributed by atoms with van der Waals surface area (Å²) in [5.41, 5.74) is 0. The fourth-order valence-electron chi connectivity index (χ4n) is 1.99. The third-order valence-electron chi connectivity index (χ3n) is 3.15. The van der Waals surface area contributed by atoms with Gasteiger partial charge in [0.1, 0.15) is 6.10 Å². The van der Waals surface area contributed by atoms with Gasteiger partial charge in [-0.25, -0.2) is 4.79 Å². The van der Waals surface area contributed by atoms with Crippen molar-refractivity contribution in [1.29, 1.82) is 0 Å². The van der Waals surface area contributed by atoms with Crippen LogP contribution in [-0.2, 0) is 9.53 Å². The molecular weight excluding hydrogens is 242 g/mol.